The van der Waals surface area contributed by atoms with Gasteiger partial charge in [-0.25, -0.2) is 0 Å². The predicted octanol–water partition coefficient (Wildman–Crippen LogP) is 4.68. The minimum atomic E-state index is -0.670. The number of carboxylic acid groups (broad SMARTS) is 1. The topological polar surface area (TPSA) is 49.8 Å². The standard InChI is InChI=1S/C26H31NO3/c1-18(12-20-6-4-3-5-7-20)17-30-24-10-11-25-19(2)22(9-8-21(25)13-24)14-27-15-23(16-27)26(28)29/h3-7,10-11,13,18,23H,8-9,12,14-17H2,1-2H3,(H,28,29). The Morgan fingerprint density at radius 3 is 2.67 bits per heavy atom. The lowest BCUT2D eigenvalue weighted by Crippen LogP contribution is -2.50. The number of benzene rings is 2. The highest BCUT2D eigenvalue weighted by Gasteiger charge is 2.33. The van der Waals surface area contributed by atoms with Gasteiger partial charge in [0.2, 0.25) is 0 Å². The van der Waals surface area contributed by atoms with Gasteiger partial charge >= 0.3 is 5.97 Å². The molecule has 2 aromatic carbocycles. The molecule has 0 bridgehead atoms. The number of carbonyl (C=O) groups is 1. The maximum Gasteiger partial charge on any atom is 0.309 e. The second-order valence-corrected chi connectivity index (χ2v) is 8.88. The largest absolute Gasteiger partial charge is 0.493 e. The molecule has 1 fully saturated rings. The van der Waals surface area contributed by atoms with Crippen molar-refractivity contribution in [2.24, 2.45) is 11.8 Å². The predicted molar refractivity (Wildman–Crippen MR) is 120 cm³/mol. The molecule has 1 aliphatic carbocycles. The van der Waals surface area contributed by atoms with Gasteiger partial charge < -0.3 is 9.84 Å². The highest BCUT2D eigenvalue weighted by Crippen LogP contribution is 2.34. The number of hydrogen-bond donors (Lipinski definition) is 1. The van der Waals surface area contributed by atoms with E-state index in [9.17, 15) is 4.79 Å². The van der Waals surface area contributed by atoms with Gasteiger partial charge in [-0.15, -0.1) is 0 Å². The van der Waals surface area contributed by atoms with E-state index in [0.717, 1.165) is 31.6 Å². The highest BCUT2D eigenvalue weighted by molar-refractivity contribution is 5.73. The van der Waals surface area contributed by atoms with Gasteiger partial charge in [0, 0.05) is 19.6 Å². The maximum absolute atomic E-state index is 11.0. The molecule has 0 amide bonds. The van der Waals surface area contributed by atoms with Crippen LogP contribution in [0.25, 0.3) is 5.57 Å². The van der Waals surface area contributed by atoms with E-state index < -0.39 is 5.97 Å². The minimum Gasteiger partial charge on any atom is -0.493 e. The number of hydrogen-bond acceptors (Lipinski definition) is 3. The number of rotatable bonds is 8. The summed E-state index contributed by atoms with van der Waals surface area (Å²) < 4.78 is 6.11. The zero-order chi connectivity index (χ0) is 21.1. The number of carboxylic acids is 1. The Labute approximate surface area is 179 Å². The Morgan fingerprint density at radius 1 is 1.17 bits per heavy atom. The number of likely N-dealkylation sites (tertiary alicyclic amines) is 1. The quantitative estimate of drug-likeness (QED) is 0.693. The summed E-state index contributed by atoms with van der Waals surface area (Å²) in [6.07, 6.45) is 3.09. The van der Waals surface area contributed by atoms with E-state index in [1.54, 1.807) is 0 Å². The smallest absolute Gasteiger partial charge is 0.309 e. The Hall–Kier alpha value is -2.59. The number of aliphatic carboxylic acids is 1. The third kappa shape index (κ3) is 4.76. The van der Waals surface area contributed by atoms with E-state index in [1.165, 1.54) is 27.8 Å². The molecular formula is C26H31NO3. The Bertz CT molecular complexity index is 929. The molecule has 1 heterocycles. The molecule has 4 nitrogen and oxygen atoms in total. The highest BCUT2D eigenvalue weighted by atomic mass is 16.5. The second-order valence-electron chi connectivity index (χ2n) is 8.88. The molecule has 0 spiro atoms. The summed E-state index contributed by atoms with van der Waals surface area (Å²) in [7, 11) is 0. The first-order valence-corrected chi connectivity index (χ1v) is 10.9. The lowest BCUT2D eigenvalue weighted by atomic mass is 9.85. The molecule has 158 valence electrons. The molecule has 1 atom stereocenters. The van der Waals surface area contributed by atoms with Crippen LogP contribution in [0.3, 0.4) is 0 Å². The maximum atomic E-state index is 11.0. The van der Waals surface area contributed by atoms with Gasteiger partial charge in [0.1, 0.15) is 5.75 Å². The van der Waals surface area contributed by atoms with E-state index in [0.29, 0.717) is 25.6 Å². The zero-order valence-electron chi connectivity index (χ0n) is 17.9. The van der Waals surface area contributed by atoms with Gasteiger partial charge in [-0.2, -0.15) is 0 Å². The fourth-order valence-electron chi connectivity index (χ4n) is 4.53. The first kappa shape index (κ1) is 20.7. The first-order chi connectivity index (χ1) is 14.5. The van der Waals surface area contributed by atoms with Crippen molar-refractivity contribution in [2.75, 3.05) is 26.2 Å². The van der Waals surface area contributed by atoms with E-state index in [-0.39, 0.29) is 5.92 Å². The van der Waals surface area contributed by atoms with Crippen LogP contribution in [0.5, 0.6) is 5.75 Å². The summed E-state index contributed by atoms with van der Waals surface area (Å²) in [6.45, 7) is 7.39. The van der Waals surface area contributed by atoms with Crippen molar-refractivity contribution in [1.82, 2.24) is 4.90 Å². The van der Waals surface area contributed by atoms with E-state index in [2.05, 4.69) is 67.3 Å². The van der Waals surface area contributed by atoms with Crippen molar-refractivity contribution < 1.29 is 14.6 Å². The van der Waals surface area contributed by atoms with Crippen LogP contribution in [0.2, 0.25) is 0 Å². The Balaban J connectivity index is 1.34. The van der Waals surface area contributed by atoms with E-state index in [4.69, 9.17) is 9.84 Å². The van der Waals surface area contributed by atoms with Crippen LogP contribution in [-0.2, 0) is 17.6 Å². The molecule has 1 unspecified atom stereocenters. The van der Waals surface area contributed by atoms with Crippen LogP contribution in [0, 0.1) is 11.8 Å². The summed E-state index contributed by atoms with van der Waals surface area (Å²) in [6, 6.07) is 17.0. The fourth-order valence-corrected chi connectivity index (χ4v) is 4.53. The van der Waals surface area contributed by atoms with Gasteiger partial charge in [-0.3, -0.25) is 9.69 Å². The summed E-state index contributed by atoms with van der Waals surface area (Å²) in [4.78, 5) is 13.3. The molecule has 0 radical (unpaired) electrons. The van der Waals surface area contributed by atoms with Crippen molar-refractivity contribution in [3.8, 4) is 5.75 Å². The van der Waals surface area contributed by atoms with Crippen LogP contribution >= 0.6 is 0 Å². The van der Waals surface area contributed by atoms with E-state index >= 15 is 0 Å². The summed E-state index contributed by atoms with van der Waals surface area (Å²) in [5, 5.41) is 9.07. The molecule has 4 heteroatoms. The molecule has 30 heavy (non-hydrogen) atoms. The van der Waals surface area contributed by atoms with Crippen LogP contribution in [-0.4, -0.2) is 42.2 Å². The van der Waals surface area contributed by atoms with Crippen LogP contribution < -0.4 is 4.74 Å². The number of aryl methyl sites for hydroxylation is 1. The molecule has 2 aromatic rings. The zero-order valence-corrected chi connectivity index (χ0v) is 17.9. The van der Waals surface area contributed by atoms with Crippen LogP contribution in [0.1, 0.15) is 37.0 Å². The summed E-state index contributed by atoms with van der Waals surface area (Å²) in [5.41, 5.74) is 6.81. The average molecular weight is 406 g/mol. The number of allylic oxidation sites excluding steroid dienone is 1. The van der Waals surface area contributed by atoms with Gasteiger partial charge in [-0.1, -0.05) is 48.9 Å². The van der Waals surface area contributed by atoms with Gasteiger partial charge in [-0.05, 0) is 66.5 Å². The number of nitrogens with zero attached hydrogens (tertiary/aromatic N) is 1. The third-order valence-corrected chi connectivity index (χ3v) is 6.39. The van der Waals surface area contributed by atoms with Gasteiger partial charge in [0.05, 0.1) is 12.5 Å². The average Bonchev–Trinajstić information content (AvgIpc) is 2.70. The van der Waals surface area contributed by atoms with Crippen LogP contribution in [0.15, 0.2) is 54.1 Å². The van der Waals surface area contributed by atoms with E-state index in [1.807, 2.05) is 0 Å². The molecule has 0 aromatic heterocycles. The normalized spacial score (nSPS) is 17.9. The molecule has 1 saturated heterocycles. The van der Waals surface area contributed by atoms with Gasteiger partial charge in [0.25, 0.3) is 0 Å². The number of ether oxygens (including phenoxy) is 1. The summed E-state index contributed by atoms with van der Waals surface area (Å²) >= 11 is 0. The van der Waals surface area contributed by atoms with Gasteiger partial charge in [0.15, 0.2) is 0 Å². The molecular weight excluding hydrogens is 374 g/mol. The second kappa shape index (κ2) is 9.05. The Morgan fingerprint density at radius 2 is 1.93 bits per heavy atom. The molecule has 4 rings (SSSR count). The van der Waals surface area contributed by atoms with Crippen molar-refractivity contribution in [3.05, 3.63) is 70.8 Å². The fraction of sp³-hybridized carbons (Fsp3) is 0.423. The lowest BCUT2D eigenvalue weighted by molar-refractivity contribution is -0.147. The SMILES string of the molecule is CC1=C(CN2CC(C(=O)O)C2)CCc2cc(OCC(C)Cc3ccccc3)ccc21. The molecule has 2 aliphatic rings. The molecule has 1 N–H and O–H groups in total. The molecule has 1 aliphatic heterocycles. The minimum absolute atomic E-state index is 0.189. The molecule has 0 saturated carbocycles. The number of fused-ring (bicyclic) bond motifs is 1. The van der Waals surface area contributed by atoms with Crippen molar-refractivity contribution in [3.63, 3.8) is 0 Å². The lowest BCUT2D eigenvalue weighted by Gasteiger charge is -2.38. The van der Waals surface area contributed by atoms with Crippen LogP contribution in [0.4, 0.5) is 0 Å². The Kier molecular flexibility index (Phi) is 6.24. The summed E-state index contributed by atoms with van der Waals surface area (Å²) in [5.74, 6) is 0.558. The first-order valence-electron chi connectivity index (χ1n) is 10.9. The van der Waals surface area contributed by atoms with Crippen molar-refractivity contribution in [1.29, 1.82) is 0 Å². The monoisotopic (exact) mass is 405 g/mol. The van der Waals surface area contributed by atoms with Crippen molar-refractivity contribution in [2.45, 2.75) is 33.1 Å². The van der Waals surface area contributed by atoms with Crippen molar-refractivity contribution >= 4 is 11.5 Å². The third-order valence-electron chi connectivity index (χ3n) is 6.39.